The predicted molar refractivity (Wildman–Crippen MR) is 205 cm³/mol. The van der Waals surface area contributed by atoms with E-state index in [4.69, 9.17) is 50.1 Å². The van der Waals surface area contributed by atoms with Gasteiger partial charge >= 0.3 is 5.97 Å². The lowest BCUT2D eigenvalue weighted by molar-refractivity contribution is -0.138. The van der Waals surface area contributed by atoms with E-state index in [2.05, 4.69) is 29.4 Å². The molecule has 0 unspecified atom stereocenters. The zero-order valence-electron chi connectivity index (χ0n) is 30.7. The highest BCUT2D eigenvalue weighted by Crippen LogP contribution is 2.39. The zero-order valence-corrected chi connectivity index (χ0v) is 32.2. The van der Waals surface area contributed by atoms with E-state index >= 15 is 0 Å². The number of nitrogens with one attached hydrogen (secondary N) is 1. The van der Waals surface area contributed by atoms with E-state index in [-0.39, 0.29) is 25.4 Å². The van der Waals surface area contributed by atoms with E-state index in [1.807, 2.05) is 35.8 Å². The Morgan fingerprint density at radius 2 is 1.37 bits per heavy atom. The van der Waals surface area contributed by atoms with E-state index in [1.54, 1.807) is 35.6 Å². The van der Waals surface area contributed by atoms with Crippen LogP contribution in [-0.4, -0.2) is 110 Å². The maximum absolute atomic E-state index is 13.4. The van der Waals surface area contributed by atoms with Gasteiger partial charge in [0.2, 0.25) is 5.91 Å². The molecule has 0 saturated carbocycles. The van der Waals surface area contributed by atoms with Gasteiger partial charge in [-0.1, -0.05) is 23.7 Å². The second-order valence-electron chi connectivity index (χ2n) is 12.2. The standard InChI is InChI=1S/C38H46ClN5O9S/c1-25-26(2)54-38-35(25)36(28-4-6-29(39)7-5-28)41-32(37-43-42-27(3)44(37)38)24-33(45)40-30-8-10-31(11-9-30)53-23-22-52-21-20-51-19-18-50-17-16-49-15-14-48-13-12-34(46)47/h4-11,32H,12-24H2,1-3H3,(H,40,45)(H,46,47)/t32-/m0/s1. The summed E-state index contributed by atoms with van der Waals surface area (Å²) < 4.78 is 34.8. The van der Waals surface area contributed by atoms with Gasteiger partial charge in [-0.3, -0.25) is 19.1 Å². The number of thiophene rings is 1. The number of ether oxygens (including phenoxy) is 6. The number of benzene rings is 2. The van der Waals surface area contributed by atoms with Gasteiger partial charge in [-0.05, 0) is 62.7 Å². The van der Waals surface area contributed by atoms with Crippen molar-refractivity contribution in [3.63, 3.8) is 0 Å². The number of aliphatic imine (C=N–C) groups is 1. The van der Waals surface area contributed by atoms with E-state index in [9.17, 15) is 9.59 Å². The van der Waals surface area contributed by atoms with E-state index in [1.165, 1.54) is 4.88 Å². The molecule has 2 N–H and O–H groups in total. The molecule has 14 nitrogen and oxygen atoms in total. The minimum Gasteiger partial charge on any atom is -0.491 e. The molecule has 2 aromatic heterocycles. The van der Waals surface area contributed by atoms with Crippen molar-refractivity contribution in [1.82, 2.24) is 14.8 Å². The molecular weight excluding hydrogens is 738 g/mol. The molecule has 0 saturated heterocycles. The van der Waals surface area contributed by atoms with Crippen molar-refractivity contribution in [2.45, 2.75) is 39.7 Å². The SMILES string of the molecule is Cc1sc2c(c1C)C(c1ccc(Cl)cc1)=N[C@@H](CC(=O)Nc1ccc(OCCOCCOCCOCCOCCOCCC(=O)O)cc1)c1nnc(C)n1-2. The summed E-state index contributed by atoms with van der Waals surface area (Å²) in [4.78, 5) is 30.2. The fourth-order valence-electron chi connectivity index (χ4n) is 5.51. The first kappa shape index (κ1) is 41.0. The number of rotatable bonds is 23. The number of carbonyl (C=O) groups excluding carboxylic acids is 1. The highest BCUT2D eigenvalue weighted by Gasteiger charge is 2.32. The van der Waals surface area contributed by atoms with Gasteiger partial charge in [0.1, 0.15) is 29.2 Å². The van der Waals surface area contributed by atoms with Gasteiger partial charge in [-0.2, -0.15) is 0 Å². The molecule has 1 amide bonds. The number of hydrogen-bond donors (Lipinski definition) is 2. The molecule has 1 atom stereocenters. The number of carboxylic acids is 1. The molecule has 2 aromatic carbocycles. The quantitative estimate of drug-likeness (QED) is 0.0879. The number of hydrogen-bond acceptors (Lipinski definition) is 12. The Morgan fingerprint density at radius 1 is 0.796 bits per heavy atom. The van der Waals surface area contributed by atoms with E-state index in [0.717, 1.165) is 33.2 Å². The summed E-state index contributed by atoms with van der Waals surface area (Å²) in [6, 6.07) is 14.2. The molecule has 0 bridgehead atoms. The van der Waals surface area contributed by atoms with Crippen LogP contribution in [-0.2, 0) is 33.3 Å². The average Bonchev–Trinajstić information content (AvgIpc) is 3.63. The van der Waals surface area contributed by atoms with Crippen LogP contribution >= 0.6 is 22.9 Å². The van der Waals surface area contributed by atoms with Crippen LogP contribution in [0.25, 0.3) is 5.00 Å². The third kappa shape index (κ3) is 11.9. The third-order valence-electron chi connectivity index (χ3n) is 8.32. The first-order valence-corrected chi connectivity index (χ1v) is 18.9. The summed E-state index contributed by atoms with van der Waals surface area (Å²) in [5, 5.41) is 22.0. The van der Waals surface area contributed by atoms with Crippen molar-refractivity contribution < 1.29 is 43.1 Å². The normalized spacial score (nSPS) is 13.6. The Kier molecular flexibility index (Phi) is 15.9. The number of nitrogens with zero attached hydrogens (tertiary/aromatic N) is 4. The van der Waals surface area contributed by atoms with Gasteiger partial charge in [-0.15, -0.1) is 21.5 Å². The number of carbonyl (C=O) groups is 2. The molecule has 0 radical (unpaired) electrons. The van der Waals surface area contributed by atoms with Crippen molar-refractivity contribution in [3.05, 3.63) is 86.8 Å². The van der Waals surface area contributed by atoms with Crippen LogP contribution in [0.15, 0.2) is 53.5 Å². The van der Waals surface area contributed by atoms with Crippen molar-refractivity contribution in [2.24, 2.45) is 4.99 Å². The number of halogens is 1. The fourth-order valence-corrected chi connectivity index (χ4v) is 6.85. The summed E-state index contributed by atoms with van der Waals surface area (Å²) in [5.41, 5.74) is 4.49. The number of aryl methyl sites for hydroxylation is 2. The first-order valence-electron chi connectivity index (χ1n) is 17.7. The van der Waals surface area contributed by atoms with Crippen LogP contribution in [0.2, 0.25) is 5.02 Å². The largest absolute Gasteiger partial charge is 0.491 e. The molecule has 16 heteroatoms. The summed E-state index contributed by atoms with van der Waals surface area (Å²) in [6.45, 7) is 10.4. The van der Waals surface area contributed by atoms with Gasteiger partial charge < -0.3 is 38.8 Å². The number of aromatic nitrogens is 3. The summed E-state index contributed by atoms with van der Waals surface area (Å²) in [6.07, 6.45) is 0.0539. The van der Waals surface area contributed by atoms with Crippen molar-refractivity contribution in [3.8, 4) is 10.8 Å². The fraction of sp³-hybridized carbons (Fsp3) is 0.447. The highest BCUT2D eigenvalue weighted by molar-refractivity contribution is 7.15. The van der Waals surface area contributed by atoms with Crippen molar-refractivity contribution >= 4 is 46.2 Å². The minimum atomic E-state index is -0.883. The molecule has 54 heavy (non-hydrogen) atoms. The molecule has 0 spiro atoms. The predicted octanol–water partition coefficient (Wildman–Crippen LogP) is 5.76. The van der Waals surface area contributed by atoms with Gasteiger partial charge in [0.25, 0.3) is 0 Å². The van der Waals surface area contributed by atoms with Crippen LogP contribution in [0.1, 0.15) is 52.1 Å². The van der Waals surface area contributed by atoms with Crippen LogP contribution in [0.4, 0.5) is 5.69 Å². The number of carboxylic acid groups (broad SMARTS) is 1. The van der Waals surface area contributed by atoms with Gasteiger partial charge in [0, 0.05) is 26.7 Å². The maximum Gasteiger partial charge on any atom is 0.305 e. The molecule has 1 aliphatic rings. The number of fused-ring (bicyclic) bond motifs is 3. The van der Waals surface area contributed by atoms with Crippen molar-refractivity contribution in [1.29, 1.82) is 0 Å². The lowest BCUT2D eigenvalue weighted by atomic mass is 9.99. The highest BCUT2D eigenvalue weighted by atomic mass is 35.5. The Balaban J connectivity index is 1.00. The Morgan fingerprint density at radius 3 is 1.96 bits per heavy atom. The summed E-state index contributed by atoms with van der Waals surface area (Å²) >= 11 is 7.89. The Bertz CT molecular complexity index is 1850. The minimum absolute atomic E-state index is 0.0151. The molecule has 4 aromatic rings. The van der Waals surface area contributed by atoms with Gasteiger partial charge in [0.05, 0.1) is 84.6 Å². The first-order chi connectivity index (χ1) is 26.2. The van der Waals surface area contributed by atoms with Gasteiger partial charge in [-0.25, -0.2) is 0 Å². The lowest BCUT2D eigenvalue weighted by Crippen LogP contribution is -2.17. The molecule has 0 aliphatic carbocycles. The van der Waals surface area contributed by atoms with Crippen LogP contribution in [0.5, 0.6) is 5.75 Å². The molecule has 3 heterocycles. The third-order valence-corrected chi connectivity index (χ3v) is 9.76. The van der Waals surface area contributed by atoms with Crippen molar-refractivity contribution in [2.75, 3.05) is 78.0 Å². The molecule has 0 fully saturated rings. The smallest absolute Gasteiger partial charge is 0.305 e. The molecule has 290 valence electrons. The lowest BCUT2D eigenvalue weighted by Gasteiger charge is -2.13. The average molecular weight is 784 g/mol. The number of amides is 1. The molecule has 1 aliphatic heterocycles. The van der Waals surface area contributed by atoms with E-state index in [0.29, 0.717) is 88.4 Å². The van der Waals surface area contributed by atoms with Gasteiger partial charge in [0.15, 0.2) is 5.82 Å². The topological polar surface area (TPSA) is 165 Å². The van der Waals surface area contributed by atoms with Crippen LogP contribution in [0, 0.1) is 20.8 Å². The second-order valence-corrected chi connectivity index (χ2v) is 13.9. The molecular formula is C38H46ClN5O9S. The van der Waals surface area contributed by atoms with Crippen LogP contribution < -0.4 is 10.1 Å². The Hall–Kier alpha value is -4.22. The summed E-state index contributed by atoms with van der Waals surface area (Å²) in [5.74, 6) is 0.919. The molecule has 5 rings (SSSR count). The number of aliphatic carboxylic acids is 1. The Labute approximate surface area is 323 Å². The maximum atomic E-state index is 13.4. The van der Waals surface area contributed by atoms with Crippen LogP contribution in [0.3, 0.4) is 0 Å². The second kappa shape index (κ2) is 21.0. The van der Waals surface area contributed by atoms with E-state index < -0.39 is 12.0 Å². The summed E-state index contributed by atoms with van der Waals surface area (Å²) in [7, 11) is 0. The monoisotopic (exact) mass is 783 g/mol. The zero-order chi connectivity index (χ0) is 38.3. The number of anilines is 1.